The number of anilines is 1. The van der Waals surface area contributed by atoms with Gasteiger partial charge in [0, 0.05) is 22.9 Å². The first kappa shape index (κ1) is 11.3. The molecule has 0 aromatic heterocycles. The molecule has 4 heteroatoms. The molecule has 0 saturated heterocycles. The zero-order valence-electron chi connectivity index (χ0n) is 9.41. The van der Waals surface area contributed by atoms with Crippen molar-refractivity contribution in [1.82, 2.24) is 0 Å². The summed E-state index contributed by atoms with van der Waals surface area (Å²) < 4.78 is 0. The third kappa shape index (κ3) is 2.32. The van der Waals surface area contributed by atoms with E-state index in [1.165, 1.54) is 0 Å². The highest BCUT2D eigenvalue weighted by atomic mass is 32.2. The van der Waals surface area contributed by atoms with Crippen molar-refractivity contribution in [2.24, 2.45) is 5.41 Å². The average Bonchev–Trinajstić information content (AvgIpc) is 2.38. The van der Waals surface area contributed by atoms with E-state index in [2.05, 4.69) is 19.2 Å². The highest BCUT2D eigenvalue weighted by molar-refractivity contribution is 7.99. The summed E-state index contributed by atoms with van der Waals surface area (Å²) >= 11 is 1.72. The van der Waals surface area contributed by atoms with Crippen LogP contribution in [-0.2, 0) is 0 Å². The Bertz CT molecular complexity index is 429. The zero-order chi connectivity index (χ0) is 11.8. The molecule has 2 rings (SSSR count). The SMILES string of the molecule is CC1(C)CNc2ccc(C(=O)O)cc2SC1. The number of nitrogens with one attached hydrogen (secondary N) is 1. The number of hydrogen-bond donors (Lipinski definition) is 2. The van der Waals surface area contributed by atoms with E-state index >= 15 is 0 Å². The van der Waals surface area contributed by atoms with Crippen LogP contribution >= 0.6 is 11.8 Å². The van der Waals surface area contributed by atoms with E-state index in [9.17, 15) is 4.79 Å². The van der Waals surface area contributed by atoms with Crippen LogP contribution in [0.4, 0.5) is 5.69 Å². The van der Waals surface area contributed by atoms with Gasteiger partial charge in [0.05, 0.1) is 5.56 Å². The predicted octanol–water partition coefficient (Wildman–Crippen LogP) is 2.93. The third-order valence-corrected chi connectivity index (χ3v) is 4.18. The summed E-state index contributed by atoms with van der Waals surface area (Å²) in [6.45, 7) is 5.33. The molecule has 1 aliphatic heterocycles. The van der Waals surface area contributed by atoms with E-state index in [0.29, 0.717) is 5.56 Å². The summed E-state index contributed by atoms with van der Waals surface area (Å²) in [5, 5.41) is 12.3. The van der Waals surface area contributed by atoms with Gasteiger partial charge in [0.25, 0.3) is 0 Å². The van der Waals surface area contributed by atoms with Crippen LogP contribution in [0.1, 0.15) is 24.2 Å². The minimum atomic E-state index is -0.869. The lowest BCUT2D eigenvalue weighted by Crippen LogP contribution is -2.23. The number of carbonyl (C=O) groups is 1. The fraction of sp³-hybridized carbons (Fsp3) is 0.417. The van der Waals surface area contributed by atoms with Crippen molar-refractivity contribution in [3.8, 4) is 0 Å². The minimum absolute atomic E-state index is 0.229. The Morgan fingerprint density at radius 3 is 2.94 bits per heavy atom. The van der Waals surface area contributed by atoms with Crippen molar-refractivity contribution in [2.45, 2.75) is 18.7 Å². The smallest absolute Gasteiger partial charge is 0.335 e. The second-order valence-electron chi connectivity index (χ2n) is 4.82. The number of rotatable bonds is 1. The fourth-order valence-electron chi connectivity index (χ4n) is 1.58. The van der Waals surface area contributed by atoms with Gasteiger partial charge in [0.1, 0.15) is 0 Å². The molecule has 0 unspecified atom stereocenters. The number of carboxylic acids is 1. The van der Waals surface area contributed by atoms with Crippen LogP contribution in [0.2, 0.25) is 0 Å². The highest BCUT2D eigenvalue weighted by Crippen LogP contribution is 2.36. The lowest BCUT2D eigenvalue weighted by molar-refractivity contribution is 0.0696. The van der Waals surface area contributed by atoms with E-state index < -0.39 is 5.97 Å². The van der Waals surface area contributed by atoms with Crippen LogP contribution in [0, 0.1) is 5.41 Å². The van der Waals surface area contributed by atoms with E-state index in [1.807, 2.05) is 6.07 Å². The van der Waals surface area contributed by atoms with E-state index in [4.69, 9.17) is 5.11 Å². The number of thioether (sulfide) groups is 1. The molecule has 2 N–H and O–H groups in total. The molecule has 0 saturated carbocycles. The molecule has 0 spiro atoms. The second-order valence-corrected chi connectivity index (χ2v) is 5.84. The first-order valence-corrected chi connectivity index (χ1v) is 6.20. The Morgan fingerprint density at radius 2 is 2.25 bits per heavy atom. The van der Waals surface area contributed by atoms with Gasteiger partial charge in [-0.05, 0) is 23.6 Å². The summed E-state index contributed by atoms with van der Waals surface area (Å²) in [6, 6.07) is 5.25. The van der Waals surface area contributed by atoms with Crippen molar-refractivity contribution in [2.75, 3.05) is 17.6 Å². The molecule has 1 heterocycles. The van der Waals surface area contributed by atoms with Gasteiger partial charge in [-0.25, -0.2) is 4.79 Å². The van der Waals surface area contributed by atoms with Gasteiger partial charge in [-0.1, -0.05) is 13.8 Å². The molecule has 86 valence electrons. The van der Waals surface area contributed by atoms with Gasteiger partial charge in [-0.2, -0.15) is 0 Å². The van der Waals surface area contributed by atoms with Gasteiger partial charge >= 0.3 is 5.97 Å². The monoisotopic (exact) mass is 237 g/mol. The molecular formula is C12H15NO2S. The van der Waals surface area contributed by atoms with Crippen molar-refractivity contribution in [3.63, 3.8) is 0 Å². The normalized spacial score (nSPS) is 18.1. The maximum absolute atomic E-state index is 10.9. The van der Waals surface area contributed by atoms with Crippen LogP contribution in [0.25, 0.3) is 0 Å². The number of aromatic carboxylic acids is 1. The Morgan fingerprint density at radius 1 is 1.50 bits per heavy atom. The lowest BCUT2D eigenvalue weighted by atomic mass is 9.96. The number of benzene rings is 1. The van der Waals surface area contributed by atoms with Crippen LogP contribution in [0.15, 0.2) is 23.1 Å². The molecule has 0 radical (unpaired) electrons. The second kappa shape index (κ2) is 4.01. The van der Waals surface area contributed by atoms with Crippen LogP contribution in [-0.4, -0.2) is 23.4 Å². The molecule has 16 heavy (non-hydrogen) atoms. The Balaban J connectivity index is 2.32. The fourth-order valence-corrected chi connectivity index (χ4v) is 2.73. The molecule has 1 aromatic rings. The Labute approximate surface area is 99.2 Å². The van der Waals surface area contributed by atoms with Gasteiger partial charge in [0.2, 0.25) is 0 Å². The van der Waals surface area contributed by atoms with E-state index in [0.717, 1.165) is 22.9 Å². The quantitative estimate of drug-likeness (QED) is 0.788. The van der Waals surface area contributed by atoms with Gasteiger partial charge in [0.15, 0.2) is 0 Å². The van der Waals surface area contributed by atoms with Gasteiger partial charge < -0.3 is 10.4 Å². The number of hydrogen-bond acceptors (Lipinski definition) is 3. The van der Waals surface area contributed by atoms with Crippen molar-refractivity contribution >= 4 is 23.4 Å². The molecule has 3 nitrogen and oxygen atoms in total. The van der Waals surface area contributed by atoms with Gasteiger partial charge in [-0.3, -0.25) is 0 Å². The van der Waals surface area contributed by atoms with Crippen molar-refractivity contribution in [1.29, 1.82) is 0 Å². The molecule has 0 fully saturated rings. The largest absolute Gasteiger partial charge is 0.478 e. The maximum Gasteiger partial charge on any atom is 0.335 e. The standard InChI is InChI=1S/C12H15NO2S/c1-12(2)6-13-9-4-3-8(11(14)15)5-10(9)16-7-12/h3-5,13H,6-7H2,1-2H3,(H,14,15). The summed E-state index contributed by atoms with van der Waals surface area (Å²) in [5.41, 5.74) is 1.63. The van der Waals surface area contributed by atoms with Crippen molar-refractivity contribution < 1.29 is 9.90 Å². The molecule has 0 aliphatic carbocycles. The Kier molecular flexibility index (Phi) is 2.84. The molecule has 0 atom stereocenters. The third-order valence-electron chi connectivity index (χ3n) is 2.60. The molecule has 0 bridgehead atoms. The van der Waals surface area contributed by atoms with E-state index in [1.54, 1.807) is 23.9 Å². The summed E-state index contributed by atoms with van der Waals surface area (Å²) in [5.74, 6) is 0.127. The molecule has 1 aliphatic rings. The number of carboxylic acid groups (broad SMARTS) is 1. The van der Waals surface area contributed by atoms with Gasteiger partial charge in [-0.15, -0.1) is 11.8 Å². The topological polar surface area (TPSA) is 49.3 Å². The highest BCUT2D eigenvalue weighted by Gasteiger charge is 2.23. The summed E-state index contributed by atoms with van der Waals surface area (Å²) in [7, 11) is 0. The number of fused-ring (bicyclic) bond motifs is 1. The summed E-state index contributed by atoms with van der Waals surface area (Å²) in [6.07, 6.45) is 0. The van der Waals surface area contributed by atoms with Crippen LogP contribution in [0.5, 0.6) is 0 Å². The minimum Gasteiger partial charge on any atom is -0.478 e. The Hall–Kier alpha value is -1.16. The maximum atomic E-state index is 10.9. The van der Waals surface area contributed by atoms with Crippen LogP contribution < -0.4 is 5.32 Å². The zero-order valence-corrected chi connectivity index (χ0v) is 10.2. The average molecular weight is 237 g/mol. The first-order valence-electron chi connectivity index (χ1n) is 5.22. The molecule has 0 amide bonds. The van der Waals surface area contributed by atoms with Crippen molar-refractivity contribution in [3.05, 3.63) is 23.8 Å². The molecular weight excluding hydrogens is 222 g/mol. The predicted molar refractivity (Wildman–Crippen MR) is 66.4 cm³/mol. The van der Waals surface area contributed by atoms with E-state index in [-0.39, 0.29) is 5.41 Å². The molecule has 1 aromatic carbocycles. The summed E-state index contributed by atoms with van der Waals surface area (Å²) in [4.78, 5) is 11.9. The van der Waals surface area contributed by atoms with Crippen LogP contribution in [0.3, 0.4) is 0 Å². The first-order chi connectivity index (χ1) is 7.48. The lowest BCUT2D eigenvalue weighted by Gasteiger charge is -2.21.